The molecule has 0 N–H and O–H groups in total. The standard InChI is InChI=1S/C51H32N2S/c1-2-15-34(16-3-1)50-52-46(37-27-26-33-14-4-5-17-35(33)30-37)32-47(53-50)41-21-7-6-18-38(41)36-28-29-49-45(31-36)51(44-24-12-13-25-48(44)54-49)42-22-10-8-19-39(42)40-20-9-11-23-43(40)51/h1-32H. The molecule has 0 saturated heterocycles. The fraction of sp³-hybridized carbons (Fsp3) is 0.0196. The topological polar surface area (TPSA) is 25.8 Å². The van der Waals surface area contributed by atoms with E-state index in [2.05, 4.69) is 176 Å². The molecule has 11 rings (SSSR count). The van der Waals surface area contributed by atoms with Crippen molar-refractivity contribution < 1.29 is 0 Å². The van der Waals surface area contributed by atoms with Gasteiger partial charge in [-0.05, 0) is 85.6 Å². The molecular weight excluding hydrogens is 673 g/mol. The zero-order chi connectivity index (χ0) is 35.6. The third-order valence-corrected chi connectivity index (χ3v) is 12.3. The Bertz CT molecular complexity index is 2880. The molecule has 2 aliphatic rings. The highest BCUT2D eigenvalue weighted by atomic mass is 32.2. The van der Waals surface area contributed by atoms with Gasteiger partial charge in [-0.15, -0.1) is 0 Å². The molecule has 252 valence electrons. The summed E-state index contributed by atoms with van der Waals surface area (Å²) in [5.41, 5.74) is 14.8. The van der Waals surface area contributed by atoms with E-state index in [0.29, 0.717) is 5.82 Å². The smallest absolute Gasteiger partial charge is 0.160 e. The lowest BCUT2D eigenvalue weighted by Gasteiger charge is -2.40. The monoisotopic (exact) mass is 704 g/mol. The van der Waals surface area contributed by atoms with Crippen LogP contribution in [0.2, 0.25) is 0 Å². The Morgan fingerprint density at radius 2 is 0.907 bits per heavy atom. The van der Waals surface area contributed by atoms with E-state index in [1.807, 2.05) is 30.0 Å². The van der Waals surface area contributed by atoms with Gasteiger partial charge in [0, 0.05) is 26.5 Å². The maximum absolute atomic E-state index is 5.28. The summed E-state index contributed by atoms with van der Waals surface area (Å²) < 4.78 is 0. The summed E-state index contributed by atoms with van der Waals surface area (Å²) in [5, 5.41) is 2.40. The summed E-state index contributed by atoms with van der Waals surface area (Å²) >= 11 is 1.88. The van der Waals surface area contributed by atoms with Crippen LogP contribution in [0.1, 0.15) is 22.3 Å². The first-order valence-corrected chi connectivity index (χ1v) is 19.2. The Balaban J connectivity index is 1.13. The van der Waals surface area contributed by atoms with Gasteiger partial charge in [0.2, 0.25) is 0 Å². The average molecular weight is 705 g/mol. The quantitative estimate of drug-likeness (QED) is 0.182. The molecule has 9 aromatic rings. The molecule has 0 fully saturated rings. The van der Waals surface area contributed by atoms with Crippen LogP contribution in [0, 0.1) is 0 Å². The van der Waals surface area contributed by atoms with Crippen molar-refractivity contribution in [2.45, 2.75) is 15.2 Å². The molecule has 54 heavy (non-hydrogen) atoms. The van der Waals surface area contributed by atoms with Gasteiger partial charge in [-0.25, -0.2) is 9.97 Å². The van der Waals surface area contributed by atoms with E-state index in [1.54, 1.807) is 0 Å². The number of rotatable bonds is 4. The second kappa shape index (κ2) is 12.3. The summed E-state index contributed by atoms with van der Waals surface area (Å²) in [5.74, 6) is 0.711. The first kappa shape index (κ1) is 31.0. The first-order valence-electron chi connectivity index (χ1n) is 18.4. The van der Waals surface area contributed by atoms with Crippen LogP contribution in [-0.4, -0.2) is 9.97 Å². The molecule has 2 nitrogen and oxygen atoms in total. The van der Waals surface area contributed by atoms with Gasteiger partial charge in [0.05, 0.1) is 16.8 Å². The molecule has 0 bridgehead atoms. The molecule has 1 aliphatic heterocycles. The van der Waals surface area contributed by atoms with Crippen molar-refractivity contribution in [1.29, 1.82) is 0 Å². The van der Waals surface area contributed by atoms with Gasteiger partial charge in [0.15, 0.2) is 5.82 Å². The van der Waals surface area contributed by atoms with E-state index in [9.17, 15) is 0 Å². The predicted molar refractivity (Wildman–Crippen MR) is 223 cm³/mol. The van der Waals surface area contributed by atoms with Crippen LogP contribution in [0.5, 0.6) is 0 Å². The lowest BCUT2D eigenvalue weighted by atomic mass is 9.67. The number of aromatic nitrogens is 2. The third-order valence-electron chi connectivity index (χ3n) is 11.2. The van der Waals surface area contributed by atoms with E-state index < -0.39 is 5.41 Å². The summed E-state index contributed by atoms with van der Waals surface area (Å²) in [6, 6.07) is 70.3. The largest absolute Gasteiger partial charge is 0.228 e. The lowest BCUT2D eigenvalue weighted by molar-refractivity contribution is 0.723. The lowest BCUT2D eigenvalue weighted by Crippen LogP contribution is -2.32. The van der Waals surface area contributed by atoms with Gasteiger partial charge < -0.3 is 0 Å². The highest BCUT2D eigenvalue weighted by Crippen LogP contribution is 2.62. The predicted octanol–water partition coefficient (Wildman–Crippen LogP) is 13.1. The Labute approximate surface area is 318 Å². The van der Waals surface area contributed by atoms with E-state index in [1.165, 1.54) is 53.9 Å². The molecular formula is C51H32N2S. The Morgan fingerprint density at radius 3 is 1.69 bits per heavy atom. The Morgan fingerprint density at radius 1 is 0.333 bits per heavy atom. The van der Waals surface area contributed by atoms with Gasteiger partial charge in [0.25, 0.3) is 0 Å². The van der Waals surface area contributed by atoms with Gasteiger partial charge >= 0.3 is 0 Å². The highest BCUT2D eigenvalue weighted by molar-refractivity contribution is 7.99. The van der Waals surface area contributed by atoms with Crippen molar-refractivity contribution in [3.05, 3.63) is 216 Å². The Hall–Kier alpha value is -6.55. The van der Waals surface area contributed by atoms with Crippen LogP contribution in [0.25, 0.3) is 66.9 Å². The SMILES string of the molecule is c1ccc(-c2nc(-c3ccc4ccccc4c3)cc(-c3ccccc3-c3ccc4c(c3)C3(c5ccccc5S4)c4ccccc4-c4ccccc43)n2)cc1. The van der Waals surface area contributed by atoms with Gasteiger partial charge in [-0.1, -0.05) is 176 Å². The van der Waals surface area contributed by atoms with E-state index in [0.717, 1.165) is 39.2 Å². The second-order valence-electron chi connectivity index (χ2n) is 14.1. The maximum atomic E-state index is 5.28. The second-order valence-corrected chi connectivity index (χ2v) is 15.2. The molecule has 8 aromatic carbocycles. The van der Waals surface area contributed by atoms with Gasteiger partial charge in [-0.2, -0.15) is 0 Å². The van der Waals surface area contributed by atoms with Gasteiger partial charge in [0.1, 0.15) is 0 Å². The molecule has 0 saturated carbocycles. The molecule has 3 heteroatoms. The molecule has 0 atom stereocenters. The fourth-order valence-corrected chi connectivity index (χ4v) is 9.95. The molecule has 1 aliphatic carbocycles. The number of nitrogens with zero attached hydrogens (tertiary/aromatic N) is 2. The van der Waals surface area contributed by atoms with Crippen molar-refractivity contribution in [3.8, 4) is 56.2 Å². The average Bonchev–Trinajstić information content (AvgIpc) is 3.54. The number of benzene rings is 8. The Kier molecular flexibility index (Phi) is 7.05. The van der Waals surface area contributed by atoms with Crippen molar-refractivity contribution >= 4 is 22.5 Å². The van der Waals surface area contributed by atoms with E-state index in [4.69, 9.17) is 9.97 Å². The third kappa shape index (κ3) is 4.68. The van der Waals surface area contributed by atoms with Crippen LogP contribution >= 0.6 is 11.8 Å². The molecule has 0 amide bonds. The minimum atomic E-state index is -0.437. The summed E-state index contributed by atoms with van der Waals surface area (Å²) in [4.78, 5) is 13.0. The van der Waals surface area contributed by atoms with Crippen molar-refractivity contribution in [3.63, 3.8) is 0 Å². The number of fused-ring (bicyclic) bond motifs is 10. The molecule has 2 heterocycles. The molecule has 1 spiro atoms. The van der Waals surface area contributed by atoms with Gasteiger partial charge in [-0.3, -0.25) is 0 Å². The summed E-state index contributed by atoms with van der Waals surface area (Å²) in [6.07, 6.45) is 0. The normalized spacial score (nSPS) is 13.3. The van der Waals surface area contributed by atoms with Crippen LogP contribution in [0.3, 0.4) is 0 Å². The molecule has 0 radical (unpaired) electrons. The highest BCUT2D eigenvalue weighted by Gasteiger charge is 2.50. The van der Waals surface area contributed by atoms with Crippen LogP contribution in [-0.2, 0) is 5.41 Å². The summed E-state index contributed by atoms with van der Waals surface area (Å²) in [6.45, 7) is 0. The number of hydrogen-bond donors (Lipinski definition) is 0. The first-order chi connectivity index (χ1) is 26.8. The molecule has 0 unspecified atom stereocenters. The zero-order valence-corrected chi connectivity index (χ0v) is 30.1. The van der Waals surface area contributed by atoms with Crippen molar-refractivity contribution in [1.82, 2.24) is 9.97 Å². The molecule has 1 aromatic heterocycles. The fourth-order valence-electron chi connectivity index (χ4n) is 8.78. The summed E-state index contributed by atoms with van der Waals surface area (Å²) in [7, 11) is 0. The minimum Gasteiger partial charge on any atom is -0.228 e. The maximum Gasteiger partial charge on any atom is 0.160 e. The van der Waals surface area contributed by atoms with Crippen LogP contribution in [0.4, 0.5) is 0 Å². The van der Waals surface area contributed by atoms with Crippen LogP contribution in [0.15, 0.2) is 204 Å². The minimum absolute atomic E-state index is 0.437. The number of hydrogen-bond acceptors (Lipinski definition) is 3. The zero-order valence-electron chi connectivity index (χ0n) is 29.3. The van der Waals surface area contributed by atoms with E-state index >= 15 is 0 Å². The van der Waals surface area contributed by atoms with Crippen LogP contribution < -0.4 is 0 Å². The van der Waals surface area contributed by atoms with E-state index in [-0.39, 0.29) is 0 Å². The van der Waals surface area contributed by atoms with Crippen molar-refractivity contribution in [2.75, 3.05) is 0 Å². The van der Waals surface area contributed by atoms with Crippen molar-refractivity contribution in [2.24, 2.45) is 0 Å².